The summed E-state index contributed by atoms with van der Waals surface area (Å²) < 4.78 is 2.25. The summed E-state index contributed by atoms with van der Waals surface area (Å²) in [5.74, 6) is 0. The Kier molecular flexibility index (Phi) is 10.6. The van der Waals surface area contributed by atoms with Gasteiger partial charge in [-0.3, -0.25) is 0 Å². The van der Waals surface area contributed by atoms with Gasteiger partial charge in [0.15, 0.2) is 0 Å². The van der Waals surface area contributed by atoms with E-state index in [4.69, 9.17) is 0 Å². The van der Waals surface area contributed by atoms with Gasteiger partial charge in [-0.1, -0.05) is 98.4 Å². The van der Waals surface area contributed by atoms with Crippen LogP contribution < -0.4 is 0 Å². The van der Waals surface area contributed by atoms with Crippen molar-refractivity contribution in [1.82, 2.24) is 0 Å². The van der Waals surface area contributed by atoms with E-state index in [1.54, 1.807) is 0 Å². The molecule has 1 heteroatoms. The van der Waals surface area contributed by atoms with E-state index in [1.807, 2.05) is 6.07 Å². The van der Waals surface area contributed by atoms with Crippen molar-refractivity contribution in [2.45, 2.75) is 98.3 Å². The molecule has 0 nitrogen and oxygen atoms in total. The van der Waals surface area contributed by atoms with Gasteiger partial charge in [0.1, 0.15) is 0 Å². The Morgan fingerprint density at radius 1 is 0.750 bits per heavy atom. The standard InChI is InChI=1S/C21H25.C10H15.C8H8.Zr/c1-20(2,3)16-7-9-18-14(12-16)11-15-13-17(21(4,5)6)8-10-19(15)18;1-8-5-6-9(7-8)10(2,3)4;1-2-8-6-4-3-5-7-8;/h7-10,12H,11H2,1-6H3;5-7H,1-4H3;1,3-7H,2H2;/q2*-1;;+2. The molecule has 40 heavy (non-hydrogen) atoms. The summed E-state index contributed by atoms with van der Waals surface area (Å²) in [4.78, 5) is 0. The third-order valence-corrected chi connectivity index (χ3v) is 7.92. The maximum absolute atomic E-state index is 3.67. The van der Waals surface area contributed by atoms with Gasteiger partial charge in [-0.15, -0.1) is 11.1 Å². The van der Waals surface area contributed by atoms with Crippen molar-refractivity contribution in [2.24, 2.45) is 0 Å². The maximum atomic E-state index is 3.67. The van der Waals surface area contributed by atoms with Gasteiger partial charge in [0, 0.05) is 0 Å². The fourth-order valence-electron chi connectivity index (χ4n) is 4.79. The third-order valence-electron chi connectivity index (χ3n) is 7.42. The van der Waals surface area contributed by atoms with Gasteiger partial charge in [0.05, 0.1) is 0 Å². The molecule has 0 N–H and O–H groups in total. The first-order valence-corrected chi connectivity index (χ1v) is 16.0. The van der Waals surface area contributed by atoms with Crippen LogP contribution in [0.2, 0.25) is 0 Å². The summed E-state index contributed by atoms with van der Waals surface area (Å²) in [5.41, 5.74) is 13.2. The SMILES string of the molecule is CC(C)(C)c1[c-]c2c(cc1)-c1ccc(C(C)(C)C)cc1C2.Cc1cc(C(C)(C)C)c[cH-]1.[Zr+2]=[CH]Cc1ccccc1. The van der Waals surface area contributed by atoms with Crippen LogP contribution in [-0.2, 0) is 53.3 Å². The fraction of sp³-hybridized carbons (Fsp3) is 0.385. The second-order valence-electron chi connectivity index (χ2n) is 14.1. The number of benzene rings is 3. The molecular weight excluding hydrogens is 560 g/mol. The molecule has 0 bridgehead atoms. The number of hydrogen-bond donors (Lipinski definition) is 0. The van der Waals surface area contributed by atoms with Gasteiger partial charge >= 0.3 is 70.3 Å². The molecule has 5 rings (SSSR count). The van der Waals surface area contributed by atoms with E-state index in [1.165, 1.54) is 74.3 Å². The van der Waals surface area contributed by atoms with Gasteiger partial charge in [-0.05, 0) is 28.4 Å². The topological polar surface area (TPSA) is 0 Å². The molecule has 0 saturated carbocycles. The van der Waals surface area contributed by atoms with E-state index >= 15 is 0 Å². The van der Waals surface area contributed by atoms with Crippen LogP contribution in [0.5, 0.6) is 0 Å². The van der Waals surface area contributed by atoms with Crippen molar-refractivity contribution in [3.8, 4) is 11.1 Å². The van der Waals surface area contributed by atoms with Crippen LogP contribution in [-0.4, -0.2) is 3.71 Å². The van der Waals surface area contributed by atoms with Gasteiger partial charge in [-0.2, -0.15) is 47.0 Å². The Labute approximate surface area is 260 Å². The van der Waals surface area contributed by atoms with Crippen molar-refractivity contribution < 1.29 is 24.2 Å². The van der Waals surface area contributed by atoms with Crippen LogP contribution in [0.1, 0.15) is 101 Å². The molecule has 1 aliphatic rings. The molecule has 0 saturated heterocycles. The van der Waals surface area contributed by atoms with Crippen molar-refractivity contribution >= 4 is 3.71 Å². The number of fused-ring (bicyclic) bond motifs is 3. The van der Waals surface area contributed by atoms with Gasteiger partial charge < -0.3 is 0 Å². The average Bonchev–Trinajstić information content (AvgIpc) is 3.47. The van der Waals surface area contributed by atoms with Crippen LogP contribution in [0.4, 0.5) is 0 Å². The molecule has 0 fully saturated rings. The Bertz CT molecular complexity index is 1330. The first-order valence-electron chi connectivity index (χ1n) is 14.6. The molecule has 4 aromatic rings. The first kappa shape index (κ1) is 32.3. The van der Waals surface area contributed by atoms with Gasteiger partial charge in [-0.25, -0.2) is 6.07 Å². The van der Waals surface area contributed by atoms with Crippen LogP contribution in [0.25, 0.3) is 11.1 Å². The molecule has 0 heterocycles. The van der Waals surface area contributed by atoms with Crippen molar-refractivity contribution in [3.05, 3.63) is 124 Å². The second-order valence-corrected chi connectivity index (χ2v) is 15.1. The fourth-order valence-corrected chi connectivity index (χ4v) is 5.37. The second kappa shape index (κ2) is 13.2. The summed E-state index contributed by atoms with van der Waals surface area (Å²) in [6.07, 6.45) is 2.15. The van der Waals surface area contributed by atoms with Gasteiger partial charge in [0.25, 0.3) is 0 Å². The van der Waals surface area contributed by atoms with E-state index in [0.29, 0.717) is 5.41 Å². The molecule has 208 valence electrons. The van der Waals surface area contributed by atoms with Crippen LogP contribution in [0, 0.1) is 13.0 Å². The molecule has 0 aliphatic heterocycles. The normalized spacial score (nSPS) is 12.4. The summed E-state index contributed by atoms with van der Waals surface area (Å²) in [5, 5.41) is 0. The summed E-state index contributed by atoms with van der Waals surface area (Å²) in [6.45, 7) is 22.4. The molecule has 4 aromatic carbocycles. The first-order chi connectivity index (χ1) is 18.6. The quantitative estimate of drug-likeness (QED) is 0.175. The van der Waals surface area contributed by atoms with Crippen molar-refractivity contribution in [3.63, 3.8) is 0 Å². The Morgan fingerprint density at radius 2 is 1.38 bits per heavy atom. The van der Waals surface area contributed by atoms with E-state index in [0.717, 1.165) is 12.8 Å². The van der Waals surface area contributed by atoms with Crippen molar-refractivity contribution in [1.29, 1.82) is 0 Å². The predicted molar refractivity (Wildman–Crippen MR) is 173 cm³/mol. The molecule has 0 amide bonds. The number of aryl methyl sites for hydroxylation is 1. The van der Waals surface area contributed by atoms with Gasteiger partial charge in [0.2, 0.25) is 0 Å². The number of hydrogen-bond acceptors (Lipinski definition) is 0. The zero-order chi connectivity index (χ0) is 29.7. The minimum absolute atomic E-state index is 0.167. The molecule has 0 spiro atoms. The van der Waals surface area contributed by atoms with Crippen molar-refractivity contribution in [2.75, 3.05) is 0 Å². The Balaban J connectivity index is 0.000000193. The zero-order valence-electron chi connectivity index (χ0n) is 26.5. The molecule has 0 unspecified atom stereocenters. The molecule has 0 aromatic heterocycles. The van der Waals surface area contributed by atoms with Crippen LogP contribution in [0.3, 0.4) is 0 Å². The molecular formula is C39H48Zr. The van der Waals surface area contributed by atoms with E-state index in [-0.39, 0.29) is 10.8 Å². The monoisotopic (exact) mass is 606 g/mol. The predicted octanol–water partition coefficient (Wildman–Crippen LogP) is 10.2. The molecule has 0 radical (unpaired) electrons. The average molecular weight is 608 g/mol. The summed E-state index contributed by atoms with van der Waals surface area (Å²) >= 11 is 1.51. The molecule has 0 atom stereocenters. The number of rotatable bonds is 2. The Hall–Kier alpha value is -2.24. The zero-order valence-corrected chi connectivity index (χ0v) is 29.0. The van der Waals surface area contributed by atoms with Crippen LogP contribution >= 0.6 is 0 Å². The summed E-state index contributed by atoms with van der Waals surface area (Å²) in [6, 6.07) is 32.3. The van der Waals surface area contributed by atoms with E-state index in [2.05, 4.69) is 152 Å². The van der Waals surface area contributed by atoms with E-state index < -0.39 is 0 Å². The minimum atomic E-state index is 0.167. The summed E-state index contributed by atoms with van der Waals surface area (Å²) in [7, 11) is 0. The molecule has 1 aliphatic carbocycles. The van der Waals surface area contributed by atoms with E-state index in [9.17, 15) is 0 Å². The third kappa shape index (κ3) is 8.88. The van der Waals surface area contributed by atoms with Crippen LogP contribution in [0.15, 0.2) is 78.9 Å². The Morgan fingerprint density at radius 3 is 1.88 bits per heavy atom.